The molecule has 0 radical (unpaired) electrons. The molecule has 2 aliphatic heterocycles. The largest absolute Gasteiger partial charge is 0.379 e. The van der Waals surface area contributed by atoms with Gasteiger partial charge in [-0.3, -0.25) is 5.10 Å². The van der Waals surface area contributed by atoms with E-state index in [2.05, 4.69) is 32.4 Å². The number of morpholine rings is 1. The first-order valence-electron chi connectivity index (χ1n) is 12.3. The lowest BCUT2D eigenvalue weighted by Gasteiger charge is -2.33. The fraction of sp³-hybridized carbons (Fsp3) is 0.458. The van der Waals surface area contributed by atoms with Crippen LogP contribution in [0.15, 0.2) is 46.5 Å². The smallest absolute Gasteiger partial charge is 0.243 e. The fourth-order valence-corrected chi connectivity index (χ4v) is 6.41. The van der Waals surface area contributed by atoms with E-state index in [1.165, 1.54) is 16.1 Å². The summed E-state index contributed by atoms with van der Waals surface area (Å²) in [7, 11) is -1.38. The minimum absolute atomic E-state index is 0.303. The first kappa shape index (κ1) is 25.9. The molecule has 2 fully saturated rings. The minimum Gasteiger partial charge on any atom is -0.379 e. The van der Waals surface area contributed by atoms with Crippen molar-refractivity contribution in [2.45, 2.75) is 22.7 Å². The summed E-state index contributed by atoms with van der Waals surface area (Å²) in [5.41, 5.74) is 1.96. The van der Waals surface area contributed by atoms with Crippen LogP contribution < -0.4 is 10.2 Å². The third kappa shape index (κ3) is 6.41. The number of piperazine rings is 1. The van der Waals surface area contributed by atoms with Crippen molar-refractivity contribution in [1.82, 2.24) is 29.4 Å². The van der Waals surface area contributed by atoms with Crippen LogP contribution in [0.2, 0.25) is 0 Å². The average Bonchev–Trinajstić information content (AvgIpc) is 3.32. The molecule has 2 aromatic heterocycles. The number of benzene rings is 1. The number of sulfonamides is 1. The highest BCUT2D eigenvalue weighted by molar-refractivity contribution is 7.98. The van der Waals surface area contributed by atoms with Crippen molar-refractivity contribution < 1.29 is 13.2 Å². The number of hydrogen-bond acceptors (Lipinski definition) is 10. The molecule has 0 amide bonds. The third-order valence-corrected chi connectivity index (χ3v) is 9.21. The molecule has 2 N–H and O–H groups in total. The zero-order valence-corrected chi connectivity index (χ0v) is 22.7. The number of H-pyrrole nitrogens is 1. The third-order valence-electron chi connectivity index (χ3n) is 6.38. The Bertz CT molecular complexity index is 1300. The molecule has 2 aliphatic rings. The Hall–Kier alpha value is -2.71. The SMILES string of the molecule is Cc1cc(Nc2cc(N3CCN(C)CC3)nc(SCc3ccc(S(=O)(=O)N4CCOCC4)cc3)n2)n[nH]1. The standard InChI is InChI=1S/C24H32N8O3S2/c1-18-15-22(29-28-18)25-21-16-23(31-9-7-30(2)8-10-31)27-24(26-21)36-17-19-3-5-20(6-4-19)37(33,34)32-11-13-35-14-12-32/h3-6,15-16H,7-14,17H2,1-2H3,(H2,25,26,27,28,29). The highest BCUT2D eigenvalue weighted by atomic mass is 32.2. The van der Waals surface area contributed by atoms with Crippen LogP contribution in [0.3, 0.4) is 0 Å². The van der Waals surface area contributed by atoms with E-state index in [1.54, 1.807) is 12.1 Å². The Morgan fingerprint density at radius 2 is 1.73 bits per heavy atom. The van der Waals surface area contributed by atoms with E-state index in [0.29, 0.717) is 53.7 Å². The van der Waals surface area contributed by atoms with Crippen LogP contribution in [0.1, 0.15) is 11.3 Å². The fourth-order valence-electron chi connectivity index (χ4n) is 4.19. The highest BCUT2D eigenvalue weighted by Crippen LogP contribution is 2.27. The van der Waals surface area contributed by atoms with Crippen molar-refractivity contribution in [3.8, 4) is 0 Å². The van der Waals surface area contributed by atoms with Gasteiger partial charge in [0.25, 0.3) is 0 Å². The molecule has 5 rings (SSSR count). The normalized spacial score (nSPS) is 17.7. The molecule has 3 aromatic rings. The first-order valence-corrected chi connectivity index (χ1v) is 14.7. The maximum absolute atomic E-state index is 12.9. The van der Waals surface area contributed by atoms with Crippen LogP contribution in [0, 0.1) is 6.92 Å². The molecule has 0 spiro atoms. The first-order chi connectivity index (χ1) is 17.9. The monoisotopic (exact) mass is 544 g/mol. The lowest BCUT2D eigenvalue weighted by Crippen LogP contribution is -2.44. The number of thioether (sulfide) groups is 1. The van der Waals surface area contributed by atoms with Crippen LogP contribution in [0.4, 0.5) is 17.5 Å². The predicted octanol–water partition coefficient (Wildman–Crippen LogP) is 2.32. The van der Waals surface area contributed by atoms with Gasteiger partial charge >= 0.3 is 0 Å². The second kappa shape index (κ2) is 11.4. The van der Waals surface area contributed by atoms with Gasteiger partial charge in [-0.05, 0) is 31.7 Å². The van der Waals surface area contributed by atoms with Crippen LogP contribution in [-0.2, 0) is 20.5 Å². The Labute approximate surface area is 221 Å². The second-order valence-corrected chi connectivity index (χ2v) is 12.1. The van der Waals surface area contributed by atoms with Crippen molar-refractivity contribution in [2.75, 3.05) is 69.7 Å². The van der Waals surface area contributed by atoms with E-state index in [1.807, 2.05) is 31.2 Å². The summed E-state index contributed by atoms with van der Waals surface area (Å²) >= 11 is 1.52. The lowest BCUT2D eigenvalue weighted by molar-refractivity contribution is 0.0730. The number of nitrogens with zero attached hydrogens (tertiary/aromatic N) is 6. The van der Waals surface area contributed by atoms with Crippen molar-refractivity contribution in [2.24, 2.45) is 0 Å². The van der Waals surface area contributed by atoms with E-state index >= 15 is 0 Å². The van der Waals surface area contributed by atoms with Gasteiger partial charge < -0.3 is 19.9 Å². The number of aromatic amines is 1. The molecule has 37 heavy (non-hydrogen) atoms. The summed E-state index contributed by atoms with van der Waals surface area (Å²) in [6.45, 7) is 7.34. The van der Waals surface area contributed by atoms with Crippen molar-refractivity contribution >= 4 is 39.2 Å². The van der Waals surface area contributed by atoms with Gasteiger partial charge in [0.1, 0.15) is 11.6 Å². The molecule has 198 valence electrons. The van der Waals surface area contributed by atoms with Crippen molar-refractivity contribution in [3.05, 3.63) is 47.7 Å². The Balaban J connectivity index is 1.30. The van der Waals surface area contributed by atoms with Gasteiger partial charge in [0.15, 0.2) is 11.0 Å². The zero-order valence-electron chi connectivity index (χ0n) is 21.1. The summed E-state index contributed by atoms with van der Waals surface area (Å²) in [5, 5.41) is 11.1. The Morgan fingerprint density at radius 1 is 1.00 bits per heavy atom. The number of aryl methyl sites for hydroxylation is 1. The summed E-state index contributed by atoms with van der Waals surface area (Å²) in [6.07, 6.45) is 0. The quantitative estimate of drug-likeness (QED) is 0.323. The van der Waals surface area contributed by atoms with E-state index < -0.39 is 10.0 Å². The molecule has 0 aliphatic carbocycles. The molecular weight excluding hydrogens is 512 g/mol. The molecule has 0 bridgehead atoms. The molecule has 13 heteroatoms. The topological polar surface area (TPSA) is 120 Å². The summed E-state index contributed by atoms with van der Waals surface area (Å²) in [6, 6.07) is 11.0. The number of nitrogens with one attached hydrogen (secondary N) is 2. The number of anilines is 3. The van der Waals surface area contributed by atoms with Gasteiger partial charge in [0, 0.05) is 62.8 Å². The van der Waals surface area contributed by atoms with Gasteiger partial charge in [0.05, 0.1) is 18.1 Å². The summed E-state index contributed by atoms with van der Waals surface area (Å²) in [4.78, 5) is 14.4. The van der Waals surface area contributed by atoms with Crippen molar-refractivity contribution in [1.29, 1.82) is 0 Å². The van der Waals surface area contributed by atoms with E-state index in [-0.39, 0.29) is 0 Å². The van der Waals surface area contributed by atoms with Gasteiger partial charge in [-0.15, -0.1) is 0 Å². The maximum Gasteiger partial charge on any atom is 0.243 e. The van der Waals surface area contributed by atoms with Crippen LogP contribution in [0.25, 0.3) is 0 Å². The van der Waals surface area contributed by atoms with E-state index in [0.717, 1.165) is 43.3 Å². The molecule has 0 atom stereocenters. The predicted molar refractivity (Wildman–Crippen MR) is 144 cm³/mol. The van der Waals surface area contributed by atoms with Crippen LogP contribution in [0.5, 0.6) is 0 Å². The molecular formula is C24H32N8O3S2. The zero-order chi connectivity index (χ0) is 25.8. The number of likely N-dealkylation sites (N-methyl/N-ethyl adjacent to an activating group) is 1. The summed E-state index contributed by atoms with van der Waals surface area (Å²) in [5.74, 6) is 2.89. The molecule has 11 nitrogen and oxygen atoms in total. The van der Waals surface area contributed by atoms with Gasteiger partial charge in [0.2, 0.25) is 10.0 Å². The summed E-state index contributed by atoms with van der Waals surface area (Å²) < 4.78 is 32.6. The number of aromatic nitrogens is 4. The number of hydrogen-bond donors (Lipinski definition) is 2. The molecule has 0 saturated carbocycles. The number of rotatable bonds is 8. The molecule has 0 unspecified atom stereocenters. The highest BCUT2D eigenvalue weighted by Gasteiger charge is 2.26. The Morgan fingerprint density at radius 3 is 2.41 bits per heavy atom. The van der Waals surface area contributed by atoms with Gasteiger partial charge in [-0.2, -0.15) is 9.40 Å². The van der Waals surface area contributed by atoms with E-state index in [4.69, 9.17) is 14.7 Å². The molecule has 2 saturated heterocycles. The maximum atomic E-state index is 12.9. The molecule has 1 aromatic carbocycles. The molecule has 4 heterocycles. The van der Waals surface area contributed by atoms with Crippen LogP contribution in [-0.4, -0.2) is 97.3 Å². The van der Waals surface area contributed by atoms with Gasteiger partial charge in [-0.25, -0.2) is 18.4 Å². The second-order valence-electron chi connectivity index (χ2n) is 9.19. The lowest BCUT2D eigenvalue weighted by atomic mass is 10.2. The van der Waals surface area contributed by atoms with E-state index in [9.17, 15) is 8.42 Å². The van der Waals surface area contributed by atoms with Crippen LogP contribution >= 0.6 is 11.8 Å². The van der Waals surface area contributed by atoms with Crippen molar-refractivity contribution in [3.63, 3.8) is 0 Å². The Kier molecular flexibility index (Phi) is 7.95. The number of ether oxygens (including phenoxy) is 1. The minimum atomic E-state index is -3.51. The average molecular weight is 545 g/mol. The van der Waals surface area contributed by atoms with Gasteiger partial charge in [-0.1, -0.05) is 23.9 Å².